The first kappa shape index (κ1) is 31.1. The molecule has 8 rings (SSSR count). The minimum Gasteiger partial charge on any atom is -0.501 e. The standard InChI is InChI=1S/C25H16NOS.C14H16NSi.Ir/c1-14-9-10-16-17-6-4-8-19(24(17)27-22(16)11-14)21-12-23-20(13-26-21)18-7-3-5-15(2)25(18)28-23;1-16(2,3)13-9-10-14(15-11-13)12-7-5-4-6-8-12;/h3-7,9-13H,1-2H3;4-7,9-11H,1-3H3;/q2*-1;. The topological polar surface area (TPSA) is 38.9 Å². The number of thiophene rings is 1. The van der Waals surface area contributed by atoms with Gasteiger partial charge in [0.15, 0.2) is 0 Å². The summed E-state index contributed by atoms with van der Waals surface area (Å²) >= 11 is 1.82. The van der Waals surface area contributed by atoms with Crippen LogP contribution in [0.15, 0.2) is 108 Å². The minimum absolute atomic E-state index is 0. The van der Waals surface area contributed by atoms with Gasteiger partial charge in [0.2, 0.25) is 0 Å². The van der Waals surface area contributed by atoms with Gasteiger partial charge in [-0.3, -0.25) is 0 Å². The largest absolute Gasteiger partial charge is 0.501 e. The molecule has 0 N–H and O–H groups in total. The van der Waals surface area contributed by atoms with E-state index in [4.69, 9.17) is 9.40 Å². The fourth-order valence-corrected chi connectivity index (χ4v) is 7.77. The zero-order valence-corrected chi connectivity index (χ0v) is 30.1. The third-order valence-electron chi connectivity index (χ3n) is 8.04. The Morgan fingerprint density at radius 1 is 0.711 bits per heavy atom. The Morgan fingerprint density at radius 2 is 1.56 bits per heavy atom. The van der Waals surface area contributed by atoms with Gasteiger partial charge in [-0.05, 0) is 47.6 Å². The molecule has 0 fully saturated rings. The van der Waals surface area contributed by atoms with Crippen molar-refractivity contribution >= 4 is 66.7 Å². The smallest absolute Gasteiger partial charge is 0.121 e. The Labute approximate surface area is 282 Å². The van der Waals surface area contributed by atoms with Crippen molar-refractivity contribution in [2.45, 2.75) is 33.5 Å². The molecule has 1 radical (unpaired) electrons. The Bertz CT molecular complexity index is 2280. The second kappa shape index (κ2) is 12.5. The van der Waals surface area contributed by atoms with Gasteiger partial charge in [0.25, 0.3) is 0 Å². The molecule has 0 saturated carbocycles. The second-order valence-electron chi connectivity index (χ2n) is 12.3. The number of hydrogen-bond donors (Lipinski definition) is 0. The summed E-state index contributed by atoms with van der Waals surface area (Å²) in [5.74, 6) is 0. The average Bonchev–Trinajstić information content (AvgIpc) is 3.60. The van der Waals surface area contributed by atoms with Crippen molar-refractivity contribution in [3.63, 3.8) is 0 Å². The summed E-state index contributed by atoms with van der Waals surface area (Å²) in [5.41, 5.74) is 8.15. The maximum Gasteiger partial charge on any atom is 0.121 e. The summed E-state index contributed by atoms with van der Waals surface area (Å²) in [6.07, 6.45) is 4.00. The predicted molar refractivity (Wildman–Crippen MR) is 190 cm³/mol. The van der Waals surface area contributed by atoms with Crippen LogP contribution in [-0.4, -0.2) is 18.0 Å². The molecule has 45 heavy (non-hydrogen) atoms. The minimum atomic E-state index is -1.23. The van der Waals surface area contributed by atoms with Crippen molar-refractivity contribution in [1.29, 1.82) is 0 Å². The van der Waals surface area contributed by atoms with Gasteiger partial charge in [-0.1, -0.05) is 79.1 Å². The maximum atomic E-state index is 6.24. The van der Waals surface area contributed by atoms with Crippen molar-refractivity contribution in [1.82, 2.24) is 9.97 Å². The summed E-state index contributed by atoms with van der Waals surface area (Å²) in [7, 11) is -1.23. The fourth-order valence-electron chi connectivity index (χ4n) is 5.56. The normalized spacial score (nSPS) is 11.5. The van der Waals surface area contributed by atoms with Gasteiger partial charge in [-0.25, -0.2) is 0 Å². The molecule has 0 aliphatic carbocycles. The molecule has 6 heteroatoms. The molecule has 0 spiro atoms. The number of pyridine rings is 2. The molecular formula is C39H32IrN2OSSi-2. The molecule has 0 amide bonds. The van der Waals surface area contributed by atoms with Gasteiger partial charge in [0.05, 0.1) is 13.7 Å². The van der Waals surface area contributed by atoms with Crippen LogP contribution in [0.4, 0.5) is 0 Å². The third kappa shape index (κ3) is 6.04. The van der Waals surface area contributed by atoms with E-state index in [1.807, 2.05) is 54.1 Å². The van der Waals surface area contributed by atoms with Crippen LogP contribution in [0, 0.1) is 26.0 Å². The molecule has 0 unspecified atom stereocenters. The van der Waals surface area contributed by atoms with Crippen LogP contribution >= 0.6 is 11.3 Å². The molecule has 8 aromatic rings. The Hall–Kier alpha value is -3.93. The summed E-state index contributed by atoms with van der Waals surface area (Å²) in [4.78, 5) is 9.30. The van der Waals surface area contributed by atoms with Crippen LogP contribution in [0.3, 0.4) is 0 Å². The van der Waals surface area contributed by atoms with Crippen LogP contribution in [0.25, 0.3) is 64.6 Å². The first-order valence-corrected chi connectivity index (χ1v) is 19.1. The molecule has 0 aliphatic heterocycles. The Balaban J connectivity index is 0.000000181. The van der Waals surface area contributed by atoms with E-state index in [2.05, 4.69) is 111 Å². The van der Waals surface area contributed by atoms with E-state index in [0.717, 1.165) is 44.5 Å². The molecule has 4 aromatic carbocycles. The van der Waals surface area contributed by atoms with Gasteiger partial charge in [0.1, 0.15) is 5.58 Å². The molecule has 0 atom stereocenters. The molecule has 4 aromatic heterocycles. The van der Waals surface area contributed by atoms with Gasteiger partial charge in [-0.15, -0.1) is 65.4 Å². The summed E-state index contributed by atoms with van der Waals surface area (Å²) < 4.78 is 8.81. The maximum absolute atomic E-state index is 6.24. The first-order chi connectivity index (χ1) is 21.3. The van der Waals surface area contributed by atoms with E-state index in [9.17, 15) is 0 Å². The van der Waals surface area contributed by atoms with Crippen LogP contribution in [0.1, 0.15) is 11.1 Å². The Kier molecular flexibility index (Phi) is 8.60. The van der Waals surface area contributed by atoms with E-state index in [0.29, 0.717) is 0 Å². The van der Waals surface area contributed by atoms with Crippen LogP contribution in [0.2, 0.25) is 19.6 Å². The van der Waals surface area contributed by atoms with Crippen LogP contribution < -0.4 is 5.19 Å². The van der Waals surface area contributed by atoms with Crippen molar-refractivity contribution in [2.75, 3.05) is 0 Å². The molecular weight excluding hydrogens is 765 g/mol. The number of rotatable bonds is 3. The van der Waals surface area contributed by atoms with Crippen molar-refractivity contribution < 1.29 is 24.5 Å². The number of aryl methyl sites for hydroxylation is 2. The zero-order valence-electron chi connectivity index (χ0n) is 25.9. The van der Waals surface area contributed by atoms with E-state index >= 15 is 0 Å². The first-order valence-electron chi connectivity index (χ1n) is 14.8. The molecule has 0 aliphatic rings. The van der Waals surface area contributed by atoms with E-state index in [1.165, 1.54) is 36.5 Å². The summed E-state index contributed by atoms with van der Waals surface area (Å²) in [6, 6.07) is 37.8. The van der Waals surface area contributed by atoms with Gasteiger partial charge >= 0.3 is 0 Å². The van der Waals surface area contributed by atoms with E-state index in [-0.39, 0.29) is 20.1 Å². The number of furan rings is 1. The number of aromatic nitrogens is 2. The van der Waals surface area contributed by atoms with Crippen molar-refractivity contribution in [2.24, 2.45) is 0 Å². The summed E-state index contributed by atoms with van der Waals surface area (Å²) in [5, 5.41) is 6.12. The molecule has 4 heterocycles. The van der Waals surface area contributed by atoms with Gasteiger partial charge in [-0.2, -0.15) is 0 Å². The monoisotopic (exact) mass is 797 g/mol. The molecule has 0 saturated heterocycles. The van der Waals surface area contributed by atoms with Gasteiger partial charge < -0.3 is 14.4 Å². The van der Waals surface area contributed by atoms with Crippen LogP contribution in [-0.2, 0) is 20.1 Å². The molecule has 225 valence electrons. The number of hydrogen-bond acceptors (Lipinski definition) is 4. The summed E-state index contributed by atoms with van der Waals surface area (Å²) in [6.45, 7) is 11.2. The van der Waals surface area contributed by atoms with Crippen molar-refractivity contribution in [3.8, 4) is 22.5 Å². The quantitative estimate of drug-likeness (QED) is 0.132. The Morgan fingerprint density at radius 3 is 2.31 bits per heavy atom. The van der Waals surface area contributed by atoms with E-state index in [1.54, 1.807) is 0 Å². The predicted octanol–water partition coefficient (Wildman–Crippen LogP) is 10.5. The van der Waals surface area contributed by atoms with Crippen molar-refractivity contribution in [3.05, 3.63) is 127 Å². The zero-order chi connectivity index (χ0) is 30.4. The van der Waals surface area contributed by atoms with E-state index < -0.39 is 8.07 Å². The average molecular weight is 797 g/mol. The number of nitrogens with zero attached hydrogens (tertiary/aromatic N) is 2. The molecule has 0 bridgehead atoms. The van der Waals surface area contributed by atoms with Gasteiger partial charge in [0, 0.05) is 58.1 Å². The molecule has 3 nitrogen and oxygen atoms in total. The number of benzene rings is 4. The van der Waals surface area contributed by atoms with Crippen LogP contribution in [0.5, 0.6) is 0 Å². The number of fused-ring (bicyclic) bond motifs is 6. The fraction of sp³-hybridized carbons (Fsp3) is 0.128. The second-order valence-corrected chi connectivity index (χ2v) is 18.4. The third-order valence-corrected chi connectivity index (χ3v) is 11.4. The SMILES string of the molecule is C[Si](C)(C)c1ccc(-c2[c-]cccc2)nc1.Cc1ccc2c(c1)oc1c(-c3cc4sc5c(C)cccc5c4cn3)[c-]ccc12.[Ir].